The number of halogens is 3. The molecule has 3 rings (SSSR count). The van der Waals surface area contributed by atoms with Crippen LogP contribution in [0.15, 0.2) is 65.8 Å². The molecular weight excluding hydrogens is 431 g/mol. The normalized spacial score (nSPS) is 10.9. The molecule has 0 unspecified atom stereocenters. The molecule has 0 amide bonds. The van der Waals surface area contributed by atoms with Gasteiger partial charge in [0.2, 0.25) is 0 Å². The van der Waals surface area contributed by atoms with E-state index in [9.17, 15) is 0 Å². The molecule has 0 heterocycles. The molecule has 3 aromatic carbocycles. The highest BCUT2D eigenvalue weighted by Gasteiger charge is 2.08. The summed E-state index contributed by atoms with van der Waals surface area (Å²) in [6.07, 6.45) is 1.71. The van der Waals surface area contributed by atoms with Gasteiger partial charge in [-0.2, -0.15) is 5.10 Å². The van der Waals surface area contributed by atoms with Gasteiger partial charge in [0.25, 0.3) is 0 Å². The van der Waals surface area contributed by atoms with E-state index in [1.54, 1.807) is 30.5 Å². The maximum absolute atomic E-state index is 6.21. The fourth-order valence-electron chi connectivity index (χ4n) is 2.49. The Morgan fingerprint density at radius 1 is 0.862 bits per heavy atom. The Kier molecular flexibility index (Phi) is 7.64. The lowest BCUT2D eigenvalue weighted by Crippen LogP contribution is -2.01. The van der Waals surface area contributed by atoms with Gasteiger partial charge in [-0.25, -0.2) is 0 Å². The Labute approximate surface area is 185 Å². The first kappa shape index (κ1) is 21.3. The number of anilines is 1. The topological polar surface area (TPSA) is 42.8 Å². The molecule has 0 saturated heterocycles. The lowest BCUT2D eigenvalue weighted by molar-refractivity contribution is 0.269. The van der Waals surface area contributed by atoms with Crippen LogP contribution in [0.3, 0.4) is 0 Å². The van der Waals surface area contributed by atoms with Crippen LogP contribution in [-0.4, -0.2) is 12.8 Å². The lowest BCUT2D eigenvalue weighted by atomic mass is 10.2. The third kappa shape index (κ3) is 6.29. The van der Waals surface area contributed by atoms with Gasteiger partial charge in [0.15, 0.2) is 11.5 Å². The van der Waals surface area contributed by atoms with Crippen LogP contribution < -0.4 is 14.9 Å². The zero-order valence-corrected chi connectivity index (χ0v) is 17.9. The molecular formula is C22H19Cl3N2O2. The minimum Gasteiger partial charge on any atom is -0.490 e. The fourth-order valence-corrected chi connectivity index (χ4v) is 3.08. The fraction of sp³-hybridized carbons (Fsp3) is 0.136. The summed E-state index contributed by atoms with van der Waals surface area (Å²) in [6.45, 7) is 2.74. The van der Waals surface area contributed by atoms with Gasteiger partial charge < -0.3 is 9.47 Å². The standard InChI is InChI=1S/C22H19Cl3N2O2/c1-2-28-22-11-15(13-26-27-19-8-6-17(23)7-9-19)3-10-21(22)29-14-16-4-5-18(24)12-20(16)25/h3-13,27H,2,14H2,1H3/b26-13+. The number of benzene rings is 3. The summed E-state index contributed by atoms with van der Waals surface area (Å²) in [5, 5.41) is 6.07. The molecule has 0 bridgehead atoms. The molecule has 29 heavy (non-hydrogen) atoms. The Hall–Kier alpha value is -2.40. The SMILES string of the molecule is CCOc1cc(/C=N/Nc2ccc(Cl)cc2)ccc1OCc1ccc(Cl)cc1Cl. The average Bonchev–Trinajstić information content (AvgIpc) is 2.70. The van der Waals surface area contributed by atoms with E-state index in [-0.39, 0.29) is 0 Å². The minimum absolute atomic E-state index is 0.307. The first-order valence-electron chi connectivity index (χ1n) is 8.93. The largest absolute Gasteiger partial charge is 0.490 e. The number of hydrazone groups is 1. The second-order valence-electron chi connectivity index (χ2n) is 6.04. The van der Waals surface area contributed by atoms with Crippen molar-refractivity contribution in [3.63, 3.8) is 0 Å². The number of hydrogen-bond donors (Lipinski definition) is 1. The van der Waals surface area contributed by atoms with Gasteiger partial charge in [-0.05, 0) is 67.1 Å². The summed E-state index contributed by atoms with van der Waals surface area (Å²) in [4.78, 5) is 0. The van der Waals surface area contributed by atoms with Crippen LogP contribution in [0.4, 0.5) is 5.69 Å². The number of nitrogens with zero attached hydrogens (tertiary/aromatic N) is 1. The van der Waals surface area contributed by atoms with Crippen molar-refractivity contribution in [2.24, 2.45) is 5.10 Å². The third-order valence-corrected chi connectivity index (χ3v) is 4.76. The van der Waals surface area contributed by atoms with Gasteiger partial charge in [0.05, 0.1) is 18.5 Å². The van der Waals surface area contributed by atoms with Gasteiger partial charge in [0, 0.05) is 20.6 Å². The van der Waals surface area contributed by atoms with Crippen molar-refractivity contribution in [2.45, 2.75) is 13.5 Å². The van der Waals surface area contributed by atoms with E-state index in [0.717, 1.165) is 16.8 Å². The van der Waals surface area contributed by atoms with Crippen LogP contribution in [0.2, 0.25) is 15.1 Å². The summed E-state index contributed by atoms with van der Waals surface area (Å²) in [6, 6.07) is 18.2. The van der Waals surface area contributed by atoms with Crippen molar-refractivity contribution in [1.82, 2.24) is 0 Å². The molecule has 7 heteroatoms. The molecule has 0 fully saturated rings. The average molecular weight is 450 g/mol. The van der Waals surface area contributed by atoms with Crippen molar-refractivity contribution in [2.75, 3.05) is 12.0 Å². The molecule has 0 saturated carbocycles. The molecule has 150 valence electrons. The maximum Gasteiger partial charge on any atom is 0.161 e. The molecule has 0 aliphatic heterocycles. The molecule has 4 nitrogen and oxygen atoms in total. The predicted octanol–water partition coefficient (Wildman–Crippen LogP) is 7.07. The number of rotatable bonds is 8. The van der Waals surface area contributed by atoms with Crippen molar-refractivity contribution in [1.29, 1.82) is 0 Å². The molecule has 0 aliphatic carbocycles. The van der Waals surface area contributed by atoms with Gasteiger partial charge in [-0.1, -0.05) is 40.9 Å². The van der Waals surface area contributed by atoms with E-state index in [1.165, 1.54) is 0 Å². The van der Waals surface area contributed by atoms with Crippen LogP contribution >= 0.6 is 34.8 Å². The van der Waals surface area contributed by atoms with E-state index >= 15 is 0 Å². The smallest absolute Gasteiger partial charge is 0.161 e. The Morgan fingerprint density at radius 3 is 2.34 bits per heavy atom. The monoisotopic (exact) mass is 448 g/mol. The van der Waals surface area contributed by atoms with E-state index in [2.05, 4.69) is 10.5 Å². The molecule has 0 aliphatic rings. The number of hydrogen-bond acceptors (Lipinski definition) is 4. The first-order valence-corrected chi connectivity index (χ1v) is 10.1. The van der Waals surface area contributed by atoms with Gasteiger partial charge in [-0.15, -0.1) is 0 Å². The summed E-state index contributed by atoms with van der Waals surface area (Å²) in [5.41, 5.74) is 5.51. The Bertz CT molecular complexity index is 992. The second-order valence-corrected chi connectivity index (χ2v) is 7.32. The zero-order chi connectivity index (χ0) is 20.6. The van der Waals surface area contributed by atoms with E-state index < -0.39 is 0 Å². The van der Waals surface area contributed by atoms with Crippen LogP contribution in [-0.2, 0) is 6.61 Å². The van der Waals surface area contributed by atoms with E-state index in [1.807, 2.05) is 43.3 Å². The summed E-state index contributed by atoms with van der Waals surface area (Å²) >= 11 is 18.0. The van der Waals surface area contributed by atoms with Gasteiger partial charge in [0.1, 0.15) is 6.61 Å². The van der Waals surface area contributed by atoms with Gasteiger partial charge >= 0.3 is 0 Å². The highest BCUT2D eigenvalue weighted by atomic mass is 35.5. The zero-order valence-electron chi connectivity index (χ0n) is 15.7. The minimum atomic E-state index is 0.307. The Morgan fingerprint density at radius 2 is 1.62 bits per heavy atom. The van der Waals surface area contributed by atoms with Gasteiger partial charge in [-0.3, -0.25) is 5.43 Å². The van der Waals surface area contributed by atoms with Crippen LogP contribution in [0.1, 0.15) is 18.1 Å². The third-order valence-electron chi connectivity index (χ3n) is 3.92. The quantitative estimate of drug-likeness (QED) is 0.295. The lowest BCUT2D eigenvalue weighted by Gasteiger charge is -2.13. The molecule has 0 atom stereocenters. The van der Waals surface area contributed by atoms with E-state index in [4.69, 9.17) is 44.3 Å². The highest BCUT2D eigenvalue weighted by molar-refractivity contribution is 6.35. The molecule has 0 radical (unpaired) electrons. The molecule has 3 aromatic rings. The maximum atomic E-state index is 6.21. The van der Waals surface area contributed by atoms with Crippen LogP contribution in [0.5, 0.6) is 11.5 Å². The molecule has 1 N–H and O–H groups in total. The molecule has 0 spiro atoms. The number of nitrogens with one attached hydrogen (secondary N) is 1. The van der Waals surface area contributed by atoms with Crippen LogP contribution in [0, 0.1) is 0 Å². The van der Waals surface area contributed by atoms with Crippen LogP contribution in [0.25, 0.3) is 0 Å². The summed E-state index contributed by atoms with van der Waals surface area (Å²) in [7, 11) is 0. The Balaban J connectivity index is 1.68. The second kappa shape index (κ2) is 10.4. The van der Waals surface area contributed by atoms with Crippen molar-refractivity contribution < 1.29 is 9.47 Å². The highest BCUT2D eigenvalue weighted by Crippen LogP contribution is 2.30. The number of ether oxygens (including phenoxy) is 2. The molecule has 0 aromatic heterocycles. The van der Waals surface area contributed by atoms with Crippen molar-refractivity contribution >= 4 is 46.7 Å². The summed E-state index contributed by atoms with van der Waals surface area (Å²) in [5.74, 6) is 1.26. The van der Waals surface area contributed by atoms with Crippen molar-refractivity contribution in [3.8, 4) is 11.5 Å². The summed E-state index contributed by atoms with van der Waals surface area (Å²) < 4.78 is 11.6. The van der Waals surface area contributed by atoms with Crippen molar-refractivity contribution in [3.05, 3.63) is 86.9 Å². The first-order chi connectivity index (χ1) is 14.0. The van der Waals surface area contributed by atoms with E-state index in [0.29, 0.717) is 39.8 Å². The predicted molar refractivity (Wildman–Crippen MR) is 121 cm³/mol.